The van der Waals surface area contributed by atoms with Gasteiger partial charge >= 0.3 is 0 Å². The van der Waals surface area contributed by atoms with E-state index in [0.29, 0.717) is 11.3 Å². The number of benzene rings is 2. The molecule has 0 saturated carbocycles. The Hall–Kier alpha value is -2.92. The summed E-state index contributed by atoms with van der Waals surface area (Å²) in [6.45, 7) is -0.929. The van der Waals surface area contributed by atoms with Crippen molar-refractivity contribution in [1.82, 2.24) is 14.7 Å². The molecule has 10 heteroatoms. The van der Waals surface area contributed by atoms with Crippen LogP contribution in [0.3, 0.4) is 0 Å². The zero-order valence-electron chi connectivity index (χ0n) is 15.2. The molecule has 0 spiro atoms. The van der Waals surface area contributed by atoms with Gasteiger partial charge in [0, 0.05) is 17.7 Å². The minimum Gasteiger partial charge on any atom is -0.394 e. The minimum atomic E-state index is -4.00. The van der Waals surface area contributed by atoms with Crippen molar-refractivity contribution >= 4 is 15.8 Å². The molecule has 0 aliphatic rings. The Balaban J connectivity index is 1.98. The van der Waals surface area contributed by atoms with Gasteiger partial charge in [0.15, 0.2) is 0 Å². The van der Waals surface area contributed by atoms with Gasteiger partial charge in [0.25, 0.3) is 0 Å². The first-order chi connectivity index (χ1) is 13.8. The third kappa shape index (κ3) is 4.74. The quantitative estimate of drug-likeness (QED) is 0.452. The number of hydrogen-bond acceptors (Lipinski definition) is 7. The number of nitrogens with one attached hydrogen (secondary N) is 1. The van der Waals surface area contributed by atoms with Crippen LogP contribution in [0.15, 0.2) is 59.8 Å². The number of anilines is 1. The van der Waals surface area contributed by atoms with E-state index in [4.69, 9.17) is 10.8 Å². The largest absolute Gasteiger partial charge is 0.394 e. The fraction of sp³-hybridized carbons (Fsp3) is 0.158. The highest BCUT2D eigenvalue weighted by Crippen LogP contribution is 2.31. The average Bonchev–Trinajstić information content (AvgIpc) is 2.73. The maximum absolute atomic E-state index is 14.7. The molecule has 0 aliphatic heterocycles. The van der Waals surface area contributed by atoms with Crippen molar-refractivity contribution in [1.29, 1.82) is 0 Å². The fourth-order valence-electron chi connectivity index (χ4n) is 2.66. The zero-order chi connectivity index (χ0) is 21.0. The number of hydrogen-bond donors (Lipinski definition) is 4. The Morgan fingerprint density at radius 2 is 1.86 bits per heavy atom. The van der Waals surface area contributed by atoms with Crippen molar-refractivity contribution in [2.75, 3.05) is 18.9 Å². The molecule has 0 radical (unpaired) electrons. The van der Waals surface area contributed by atoms with Crippen LogP contribution in [0.4, 0.5) is 10.2 Å². The van der Waals surface area contributed by atoms with Crippen LogP contribution in [-0.2, 0) is 10.0 Å². The van der Waals surface area contributed by atoms with Crippen LogP contribution < -0.4 is 10.5 Å². The monoisotopic (exact) mass is 418 g/mol. The van der Waals surface area contributed by atoms with E-state index in [0.717, 1.165) is 0 Å². The van der Waals surface area contributed by atoms with E-state index in [-0.39, 0.29) is 28.4 Å². The Morgan fingerprint density at radius 1 is 1.10 bits per heavy atom. The van der Waals surface area contributed by atoms with Crippen LogP contribution in [0.25, 0.3) is 22.4 Å². The fourth-order valence-corrected chi connectivity index (χ4v) is 3.96. The van der Waals surface area contributed by atoms with Crippen molar-refractivity contribution in [2.45, 2.75) is 11.0 Å². The summed E-state index contributed by atoms with van der Waals surface area (Å²) in [6.07, 6.45) is 1.44. The van der Waals surface area contributed by atoms with Gasteiger partial charge in [-0.05, 0) is 23.8 Å². The van der Waals surface area contributed by atoms with Crippen LogP contribution in [0.2, 0.25) is 0 Å². The molecule has 0 aliphatic carbocycles. The molecule has 1 atom stereocenters. The van der Waals surface area contributed by atoms with Crippen molar-refractivity contribution in [2.24, 2.45) is 0 Å². The molecule has 152 valence electrons. The van der Waals surface area contributed by atoms with E-state index in [9.17, 15) is 17.9 Å². The molecule has 1 heterocycles. The number of aromatic nitrogens is 2. The molecule has 8 nitrogen and oxygen atoms in total. The van der Waals surface area contributed by atoms with E-state index in [1.807, 2.05) is 0 Å². The van der Waals surface area contributed by atoms with Gasteiger partial charge in [-0.25, -0.2) is 22.5 Å². The number of aliphatic hydroxyl groups excluding tert-OH is 2. The maximum atomic E-state index is 14.7. The van der Waals surface area contributed by atoms with Gasteiger partial charge in [0.05, 0.1) is 35.7 Å². The highest BCUT2D eigenvalue weighted by atomic mass is 32.2. The molecule has 3 aromatic rings. The topological polar surface area (TPSA) is 138 Å². The Bertz CT molecular complexity index is 1110. The van der Waals surface area contributed by atoms with Crippen LogP contribution in [0, 0.1) is 5.82 Å². The lowest BCUT2D eigenvalue weighted by Crippen LogP contribution is -2.34. The SMILES string of the molecule is Nc1cnc(-c2ccc(-c3ccccc3S(=O)(=O)NC[C@H](O)CO)cc2F)cn1. The van der Waals surface area contributed by atoms with E-state index in [1.165, 1.54) is 36.7 Å². The molecule has 0 unspecified atom stereocenters. The second kappa shape index (κ2) is 8.62. The summed E-state index contributed by atoms with van der Waals surface area (Å²) in [5, 5.41) is 18.3. The highest BCUT2D eigenvalue weighted by molar-refractivity contribution is 7.89. The first-order valence-electron chi connectivity index (χ1n) is 8.57. The zero-order valence-corrected chi connectivity index (χ0v) is 16.0. The van der Waals surface area contributed by atoms with Gasteiger partial charge in [0.1, 0.15) is 11.6 Å². The molecule has 0 bridgehead atoms. The lowest BCUT2D eigenvalue weighted by atomic mass is 10.0. The van der Waals surface area contributed by atoms with Crippen molar-refractivity contribution in [3.05, 3.63) is 60.7 Å². The summed E-state index contributed by atoms with van der Waals surface area (Å²) in [5.41, 5.74) is 6.62. The summed E-state index contributed by atoms with van der Waals surface area (Å²) in [6, 6.07) is 10.4. The standard InChI is InChI=1S/C19H19FN4O4S/c20-16-7-12(5-6-15(16)17-9-23-19(21)10-22-17)14-3-1-2-4-18(14)29(27,28)24-8-13(26)11-25/h1-7,9-10,13,24-26H,8,11H2,(H2,21,23)/t13-/m0/s1. The average molecular weight is 418 g/mol. The molecule has 29 heavy (non-hydrogen) atoms. The number of nitrogens with zero attached hydrogens (tertiary/aromatic N) is 2. The number of nitrogen functional groups attached to an aromatic ring is 1. The number of sulfonamides is 1. The predicted octanol–water partition coefficient (Wildman–Crippen LogP) is 1.16. The molecule has 2 aromatic carbocycles. The molecule has 0 saturated heterocycles. The van der Waals surface area contributed by atoms with Gasteiger partial charge in [0.2, 0.25) is 10.0 Å². The Labute approximate surface area is 166 Å². The number of halogens is 1. The molecular formula is C19H19FN4O4S. The third-order valence-corrected chi connectivity index (χ3v) is 5.61. The van der Waals surface area contributed by atoms with Crippen molar-refractivity contribution < 1.29 is 23.0 Å². The lowest BCUT2D eigenvalue weighted by molar-refractivity contribution is 0.0988. The lowest BCUT2D eigenvalue weighted by Gasteiger charge is -2.14. The molecule has 1 aromatic heterocycles. The molecule has 3 rings (SSSR count). The second-order valence-corrected chi connectivity index (χ2v) is 7.94. The number of nitrogens with two attached hydrogens (primary N) is 1. The van der Waals surface area contributed by atoms with Crippen LogP contribution >= 0.6 is 0 Å². The number of rotatable bonds is 7. The van der Waals surface area contributed by atoms with Crippen LogP contribution in [0.1, 0.15) is 0 Å². The minimum absolute atomic E-state index is 0.0791. The molecule has 0 amide bonds. The van der Waals surface area contributed by atoms with Gasteiger partial charge < -0.3 is 15.9 Å². The van der Waals surface area contributed by atoms with Crippen LogP contribution in [0.5, 0.6) is 0 Å². The Morgan fingerprint density at radius 3 is 2.52 bits per heavy atom. The molecule has 0 fully saturated rings. The van der Waals surface area contributed by atoms with Gasteiger partial charge in [-0.3, -0.25) is 4.98 Å². The normalized spacial score (nSPS) is 12.7. The van der Waals surface area contributed by atoms with E-state index >= 15 is 0 Å². The summed E-state index contributed by atoms with van der Waals surface area (Å²) >= 11 is 0. The smallest absolute Gasteiger partial charge is 0.241 e. The van der Waals surface area contributed by atoms with E-state index in [1.54, 1.807) is 18.2 Å². The third-order valence-electron chi connectivity index (χ3n) is 4.12. The van der Waals surface area contributed by atoms with E-state index in [2.05, 4.69) is 14.7 Å². The van der Waals surface area contributed by atoms with Crippen LogP contribution in [-0.4, -0.2) is 47.9 Å². The van der Waals surface area contributed by atoms with Crippen molar-refractivity contribution in [3.8, 4) is 22.4 Å². The second-order valence-electron chi connectivity index (χ2n) is 6.21. The molecule has 5 N–H and O–H groups in total. The first kappa shape index (κ1) is 20.8. The summed E-state index contributed by atoms with van der Waals surface area (Å²) in [4.78, 5) is 7.85. The first-order valence-corrected chi connectivity index (χ1v) is 10.1. The predicted molar refractivity (Wildman–Crippen MR) is 106 cm³/mol. The van der Waals surface area contributed by atoms with Gasteiger partial charge in [-0.15, -0.1) is 0 Å². The summed E-state index contributed by atoms with van der Waals surface area (Å²) < 4.78 is 42.2. The Kier molecular flexibility index (Phi) is 6.18. The maximum Gasteiger partial charge on any atom is 0.241 e. The number of aliphatic hydroxyl groups is 2. The van der Waals surface area contributed by atoms with E-state index < -0.39 is 28.6 Å². The molecular weight excluding hydrogens is 399 g/mol. The highest BCUT2D eigenvalue weighted by Gasteiger charge is 2.21. The summed E-state index contributed by atoms with van der Waals surface area (Å²) in [7, 11) is -4.00. The van der Waals surface area contributed by atoms with Gasteiger partial charge in [-0.1, -0.05) is 24.3 Å². The summed E-state index contributed by atoms with van der Waals surface area (Å²) in [5.74, 6) is -0.388. The van der Waals surface area contributed by atoms with Gasteiger partial charge in [-0.2, -0.15) is 0 Å². The van der Waals surface area contributed by atoms with Crippen molar-refractivity contribution in [3.63, 3.8) is 0 Å².